The van der Waals surface area contributed by atoms with Crippen molar-refractivity contribution in [3.63, 3.8) is 0 Å². The van der Waals surface area contributed by atoms with Crippen LogP contribution in [0.1, 0.15) is 24.8 Å². The van der Waals surface area contributed by atoms with E-state index in [1.54, 1.807) is 0 Å². The number of hydrogen-bond donors (Lipinski definition) is 0. The third-order valence-electron chi connectivity index (χ3n) is 6.22. The monoisotopic (exact) mass is 366 g/mol. The van der Waals surface area contributed by atoms with Crippen molar-refractivity contribution < 1.29 is 4.79 Å². The summed E-state index contributed by atoms with van der Waals surface area (Å²) in [6, 6.07) is 8.55. The average Bonchev–Trinajstić information content (AvgIpc) is 2.69. The van der Waals surface area contributed by atoms with Gasteiger partial charge >= 0.3 is 0 Å². The fraction of sp³-hybridized carbons (Fsp3) is 0.545. The molecule has 0 aliphatic carbocycles. The van der Waals surface area contributed by atoms with Crippen LogP contribution in [0.4, 0.5) is 5.69 Å². The summed E-state index contributed by atoms with van der Waals surface area (Å²) in [6.07, 6.45) is 4.83. The summed E-state index contributed by atoms with van der Waals surface area (Å²) < 4.78 is 0. The second-order valence-corrected chi connectivity index (χ2v) is 8.12. The molecule has 1 amide bonds. The van der Waals surface area contributed by atoms with Gasteiger partial charge in [0.2, 0.25) is 5.91 Å². The van der Waals surface area contributed by atoms with E-state index in [0.717, 1.165) is 57.6 Å². The zero-order valence-electron chi connectivity index (χ0n) is 16.5. The van der Waals surface area contributed by atoms with Crippen LogP contribution < -0.4 is 4.90 Å². The average molecular weight is 367 g/mol. The Labute approximate surface area is 162 Å². The molecule has 0 atom stereocenters. The van der Waals surface area contributed by atoms with Crippen molar-refractivity contribution in [2.45, 2.75) is 26.2 Å². The summed E-state index contributed by atoms with van der Waals surface area (Å²) >= 11 is 0. The minimum absolute atomic E-state index is 0.353. The van der Waals surface area contributed by atoms with Gasteiger partial charge in [0.05, 0.1) is 5.52 Å². The molecule has 2 saturated heterocycles. The maximum atomic E-state index is 12.6. The van der Waals surface area contributed by atoms with E-state index in [-0.39, 0.29) is 0 Å². The number of piperidine rings is 1. The van der Waals surface area contributed by atoms with Crippen molar-refractivity contribution in [3.05, 3.63) is 36.0 Å². The molecule has 0 unspecified atom stereocenters. The highest BCUT2D eigenvalue weighted by molar-refractivity contribution is 5.93. The molecule has 0 saturated carbocycles. The Morgan fingerprint density at radius 1 is 1.07 bits per heavy atom. The van der Waals surface area contributed by atoms with E-state index in [9.17, 15) is 4.79 Å². The molecule has 5 nitrogen and oxygen atoms in total. The van der Waals surface area contributed by atoms with Crippen molar-refractivity contribution in [1.29, 1.82) is 0 Å². The molecule has 0 N–H and O–H groups in total. The normalized spacial score (nSPS) is 19.6. The number of aromatic nitrogens is 1. The van der Waals surface area contributed by atoms with Gasteiger partial charge < -0.3 is 14.7 Å². The highest BCUT2D eigenvalue weighted by Gasteiger charge is 2.26. The predicted octanol–water partition coefficient (Wildman–Crippen LogP) is 2.92. The van der Waals surface area contributed by atoms with Crippen molar-refractivity contribution in [3.8, 4) is 0 Å². The number of hydrogen-bond acceptors (Lipinski definition) is 4. The standard InChI is InChI=1S/C22H30N4O/c1-17-4-3-5-19-20(6-9-23-22(17)19)25-10-7-18(8-11-25)16-21(27)26-14-12-24(2)13-15-26/h3-6,9,18H,7-8,10-16H2,1-2H3. The van der Waals surface area contributed by atoms with E-state index in [0.29, 0.717) is 18.2 Å². The molecule has 1 aromatic heterocycles. The van der Waals surface area contributed by atoms with Crippen LogP contribution in [0, 0.1) is 12.8 Å². The van der Waals surface area contributed by atoms with Gasteiger partial charge in [0.25, 0.3) is 0 Å². The van der Waals surface area contributed by atoms with Crippen molar-refractivity contribution >= 4 is 22.5 Å². The van der Waals surface area contributed by atoms with Gasteiger partial charge in [0.15, 0.2) is 0 Å². The number of rotatable bonds is 3. The van der Waals surface area contributed by atoms with Gasteiger partial charge in [-0.3, -0.25) is 9.78 Å². The van der Waals surface area contributed by atoms with Gasteiger partial charge in [-0.05, 0) is 44.4 Å². The van der Waals surface area contributed by atoms with Crippen LogP contribution in [-0.4, -0.2) is 67.0 Å². The molecule has 2 aromatic rings. The number of benzene rings is 1. The third kappa shape index (κ3) is 3.93. The highest BCUT2D eigenvalue weighted by atomic mass is 16.2. The SMILES string of the molecule is Cc1cccc2c(N3CCC(CC(=O)N4CCN(C)CC4)CC3)ccnc12. The van der Waals surface area contributed by atoms with E-state index >= 15 is 0 Å². The van der Waals surface area contributed by atoms with Crippen molar-refractivity contribution in [2.75, 3.05) is 51.2 Å². The number of carbonyl (C=O) groups excluding carboxylic acids is 1. The Bertz CT molecular complexity index is 805. The van der Waals surface area contributed by atoms with E-state index in [2.05, 4.69) is 57.9 Å². The first-order valence-corrected chi connectivity index (χ1v) is 10.2. The molecule has 2 fully saturated rings. The van der Waals surface area contributed by atoms with Crippen LogP contribution in [0.5, 0.6) is 0 Å². The van der Waals surface area contributed by atoms with E-state index in [1.807, 2.05) is 6.20 Å². The number of likely N-dealkylation sites (N-methyl/N-ethyl adjacent to an activating group) is 1. The molecule has 2 aliphatic heterocycles. The van der Waals surface area contributed by atoms with Crippen molar-refractivity contribution in [2.24, 2.45) is 5.92 Å². The number of piperazine rings is 1. The van der Waals surface area contributed by atoms with E-state index < -0.39 is 0 Å². The third-order valence-corrected chi connectivity index (χ3v) is 6.22. The zero-order chi connectivity index (χ0) is 18.8. The lowest BCUT2D eigenvalue weighted by atomic mass is 9.92. The molecular weight excluding hydrogens is 336 g/mol. The summed E-state index contributed by atoms with van der Waals surface area (Å²) in [4.78, 5) is 24.0. The van der Waals surface area contributed by atoms with Gasteiger partial charge in [-0.1, -0.05) is 18.2 Å². The van der Waals surface area contributed by atoms with Crippen LogP contribution in [0.3, 0.4) is 0 Å². The Morgan fingerprint density at radius 3 is 2.56 bits per heavy atom. The molecule has 3 heterocycles. The second kappa shape index (κ2) is 7.85. The maximum Gasteiger partial charge on any atom is 0.222 e. The number of fused-ring (bicyclic) bond motifs is 1. The number of nitrogens with zero attached hydrogens (tertiary/aromatic N) is 4. The van der Waals surface area contributed by atoms with Crippen LogP contribution in [0.25, 0.3) is 10.9 Å². The van der Waals surface area contributed by atoms with Gasteiger partial charge in [0, 0.05) is 63.0 Å². The second-order valence-electron chi connectivity index (χ2n) is 8.12. The summed E-state index contributed by atoms with van der Waals surface area (Å²) in [5.74, 6) is 0.870. The van der Waals surface area contributed by atoms with E-state index in [4.69, 9.17) is 0 Å². The molecule has 0 bridgehead atoms. The highest BCUT2D eigenvalue weighted by Crippen LogP contribution is 2.31. The lowest BCUT2D eigenvalue weighted by Crippen LogP contribution is -2.47. The molecular formula is C22H30N4O. The van der Waals surface area contributed by atoms with Crippen LogP contribution in [0.15, 0.2) is 30.5 Å². The van der Waals surface area contributed by atoms with Gasteiger partial charge in [0.1, 0.15) is 0 Å². The molecule has 5 heteroatoms. The number of aryl methyl sites for hydroxylation is 1. The first kappa shape index (κ1) is 18.2. The summed E-state index contributed by atoms with van der Waals surface area (Å²) in [5.41, 5.74) is 3.61. The molecule has 0 spiro atoms. The van der Waals surface area contributed by atoms with E-state index in [1.165, 1.54) is 16.6 Å². The molecule has 2 aliphatic rings. The van der Waals surface area contributed by atoms with Crippen LogP contribution in [-0.2, 0) is 4.79 Å². The number of anilines is 1. The predicted molar refractivity (Wildman–Crippen MR) is 110 cm³/mol. The molecule has 1 aromatic carbocycles. The topological polar surface area (TPSA) is 39.7 Å². The lowest BCUT2D eigenvalue weighted by Gasteiger charge is -2.36. The molecule has 0 radical (unpaired) electrons. The fourth-order valence-electron chi connectivity index (χ4n) is 4.39. The van der Waals surface area contributed by atoms with Crippen LogP contribution in [0.2, 0.25) is 0 Å². The number of carbonyl (C=O) groups is 1. The van der Waals surface area contributed by atoms with Crippen LogP contribution >= 0.6 is 0 Å². The first-order chi connectivity index (χ1) is 13.1. The molecule has 4 rings (SSSR count). The first-order valence-electron chi connectivity index (χ1n) is 10.2. The summed E-state index contributed by atoms with van der Waals surface area (Å²) in [7, 11) is 2.13. The van der Waals surface area contributed by atoms with Gasteiger partial charge in [-0.15, -0.1) is 0 Å². The lowest BCUT2D eigenvalue weighted by molar-refractivity contribution is -0.133. The number of pyridine rings is 1. The Kier molecular flexibility index (Phi) is 5.30. The minimum atomic E-state index is 0.353. The fourth-order valence-corrected chi connectivity index (χ4v) is 4.39. The quantitative estimate of drug-likeness (QED) is 0.837. The summed E-state index contributed by atoms with van der Waals surface area (Å²) in [6.45, 7) is 7.93. The number of para-hydroxylation sites is 1. The van der Waals surface area contributed by atoms with Gasteiger partial charge in [-0.2, -0.15) is 0 Å². The van der Waals surface area contributed by atoms with Gasteiger partial charge in [-0.25, -0.2) is 0 Å². The Balaban J connectivity index is 1.37. The smallest absolute Gasteiger partial charge is 0.222 e. The number of amides is 1. The Hall–Kier alpha value is -2.14. The largest absolute Gasteiger partial charge is 0.371 e. The zero-order valence-corrected chi connectivity index (χ0v) is 16.5. The minimum Gasteiger partial charge on any atom is -0.371 e. The van der Waals surface area contributed by atoms with Crippen molar-refractivity contribution in [1.82, 2.24) is 14.8 Å². The maximum absolute atomic E-state index is 12.6. The molecule has 27 heavy (non-hydrogen) atoms. The summed E-state index contributed by atoms with van der Waals surface area (Å²) in [5, 5.41) is 1.24. The molecule has 144 valence electrons. The Morgan fingerprint density at radius 2 is 1.81 bits per heavy atom.